The molecule has 106 valence electrons. The van der Waals surface area contributed by atoms with E-state index in [1.165, 1.54) is 16.7 Å². The maximum atomic E-state index is 11.3. The minimum absolute atomic E-state index is 0.159. The molecule has 3 nitrogen and oxygen atoms in total. The molecule has 0 spiro atoms. The fourth-order valence-corrected chi connectivity index (χ4v) is 2.91. The van der Waals surface area contributed by atoms with Gasteiger partial charge in [0.25, 0.3) is 0 Å². The van der Waals surface area contributed by atoms with Gasteiger partial charge in [-0.2, -0.15) is 0 Å². The maximum Gasteiger partial charge on any atom is 0.306 e. The molecule has 0 amide bonds. The summed E-state index contributed by atoms with van der Waals surface area (Å²) < 4.78 is 4.93. The molecule has 1 heterocycles. The third kappa shape index (κ3) is 3.67. The molecule has 2 rings (SSSR count). The van der Waals surface area contributed by atoms with E-state index in [9.17, 15) is 4.79 Å². The third-order valence-corrected chi connectivity index (χ3v) is 3.99. The Morgan fingerprint density at radius 1 is 1.35 bits per heavy atom. The van der Waals surface area contributed by atoms with Crippen LogP contribution in [-0.4, -0.2) is 17.6 Å². The minimum atomic E-state index is -0.159. The number of aryl methyl sites for hydroxylation is 3. The number of rotatable bonds is 5. The molecule has 2 aromatic rings. The second kappa shape index (κ2) is 6.66. The van der Waals surface area contributed by atoms with Gasteiger partial charge in [0.2, 0.25) is 0 Å². The van der Waals surface area contributed by atoms with Gasteiger partial charge in [-0.25, -0.2) is 4.98 Å². The zero-order valence-corrected chi connectivity index (χ0v) is 12.9. The van der Waals surface area contributed by atoms with E-state index >= 15 is 0 Å². The average molecular weight is 289 g/mol. The lowest BCUT2D eigenvalue weighted by Crippen LogP contribution is -2.05. The Morgan fingerprint density at radius 3 is 2.90 bits per heavy atom. The van der Waals surface area contributed by atoms with Gasteiger partial charge in [-0.15, -0.1) is 11.3 Å². The normalized spacial score (nSPS) is 10.6. The lowest BCUT2D eigenvalue weighted by molar-refractivity contribution is -0.143. The lowest BCUT2D eigenvalue weighted by Gasteiger charge is -2.03. The predicted molar refractivity (Wildman–Crippen MR) is 82.0 cm³/mol. The van der Waals surface area contributed by atoms with Crippen molar-refractivity contribution in [1.82, 2.24) is 4.98 Å². The summed E-state index contributed by atoms with van der Waals surface area (Å²) >= 11 is 1.63. The van der Waals surface area contributed by atoms with Crippen molar-refractivity contribution < 1.29 is 9.53 Å². The van der Waals surface area contributed by atoms with Crippen molar-refractivity contribution in [2.45, 2.75) is 33.6 Å². The largest absolute Gasteiger partial charge is 0.466 e. The molecule has 0 aliphatic heterocycles. The van der Waals surface area contributed by atoms with E-state index in [0.717, 1.165) is 10.7 Å². The first-order valence-electron chi connectivity index (χ1n) is 6.77. The Labute approximate surface area is 123 Å². The highest BCUT2D eigenvalue weighted by atomic mass is 32.1. The van der Waals surface area contributed by atoms with Gasteiger partial charge in [0.05, 0.1) is 18.7 Å². The van der Waals surface area contributed by atoms with Crippen molar-refractivity contribution in [1.29, 1.82) is 0 Å². The number of esters is 1. The predicted octanol–water partition coefficient (Wildman–Crippen LogP) is 3.92. The van der Waals surface area contributed by atoms with Crippen molar-refractivity contribution in [2.75, 3.05) is 6.61 Å². The van der Waals surface area contributed by atoms with Gasteiger partial charge in [0.15, 0.2) is 0 Å². The average Bonchev–Trinajstić information content (AvgIpc) is 2.88. The van der Waals surface area contributed by atoms with Crippen LogP contribution in [0.3, 0.4) is 0 Å². The van der Waals surface area contributed by atoms with Gasteiger partial charge >= 0.3 is 5.97 Å². The van der Waals surface area contributed by atoms with E-state index in [0.29, 0.717) is 19.4 Å². The smallest absolute Gasteiger partial charge is 0.306 e. The Balaban J connectivity index is 2.09. The molecule has 0 saturated heterocycles. The van der Waals surface area contributed by atoms with Crippen LogP contribution in [0.5, 0.6) is 0 Å². The first-order chi connectivity index (χ1) is 9.60. The fourth-order valence-electron chi connectivity index (χ4n) is 1.98. The maximum absolute atomic E-state index is 11.3. The Kier molecular flexibility index (Phi) is 4.90. The van der Waals surface area contributed by atoms with Crippen molar-refractivity contribution in [3.63, 3.8) is 0 Å². The second-order valence-corrected chi connectivity index (χ2v) is 5.63. The highest BCUT2D eigenvalue weighted by Gasteiger charge is 2.09. The topological polar surface area (TPSA) is 39.2 Å². The summed E-state index contributed by atoms with van der Waals surface area (Å²) in [6.45, 7) is 6.43. The summed E-state index contributed by atoms with van der Waals surface area (Å²) in [6.07, 6.45) is 1.03. The summed E-state index contributed by atoms with van der Waals surface area (Å²) in [5.41, 5.74) is 4.59. The van der Waals surface area contributed by atoms with E-state index in [-0.39, 0.29) is 5.97 Å². The molecule has 20 heavy (non-hydrogen) atoms. The molecule has 0 atom stereocenters. The number of thiazole rings is 1. The molecule has 0 aliphatic carbocycles. The van der Waals surface area contributed by atoms with E-state index in [2.05, 4.69) is 37.0 Å². The number of nitrogens with zero attached hydrogens (tertiary/aromatic N) is 1. The number of benzene rings is 1. The van der Waals surface area contributed by atoms with Crippen LogP contribution in [0, 0.1) is 13.8 Å². The molecule has 0 saturated carbocycles. The van der Waals surface area contributed by atoms with Gasteiger partial charge in [0, 0.05) is 17.4 Å². The number of carbonyl (C=O) groups is 1. The molecule has 0 fully saturated rings. The quantitative estimate of drug-likeness (QED) is 0.783. The fraction of sp³-hybridized carbons (Fsp3) is 0.375. The summed E-state index contributed by atoms with van der Waals surface area (Å²) in [5.74, 6) is -0.159. The van der Waals surface area contributed by atoms with Crippen LogP contribution >= 0.6 is 11.3 Å². The summed E-state index contributed by atoms with van der Waals surface area (Å²) in [7, 11) is 0. The standard InChI is InChI=1S/C16H19NO2S/c1-4-19-15(18)8-7-13-10-20-16(17-13)14-9-11(2)5-6-12(14)3/h5-6,9-10H,4,7-8H2,1-3H3. The molecular formula is C16H19NO2S. The van der Waals surface area contributed by atoms with E-state index in [1.54, 1.807) is 11.3 Å². The Morgan fingerprint density at radius 2 is 2.15 bits per heavy atom. The second-order valence-electron chi connectivity index (χ2n) is 4.77. The summed E-state index contributed by atoms with van der Waals surface area (Å²) in [6, 6.07) is 6.38. The van der Waals surface area contributed by atoms with Gasteiger partial charge in [-0.3, -0.25) is 4.79 Å². The van der Waals surface area contributed by atoms with Crippen LogP contribution in [0.1, 0.15) is 30.2 Å². The van der Waals surface area contributed by atoms with Crippen LogP contribution in [-0.2, 0) is 16.0 Å². The Bertz CT molecular complexity index is 604. The highest BCUT2D eigenvalue weighted by molar-refractivity contribution is 7.13. The third-order valence-electron chi connectivity index (χ3n) is 3.07. The van der Waals surface area contributed by atoms with Gasteiger partial charge in [0.1, 0.15) is 5.01 Å². The van der Waals surface area contributed by atoms with Gasteiger partial charge in [-0.1, -0.05) is 17.7 Å². The molecule has 1 aromatic heterocycles. The van der Waals surface area contributed by atoms with Crippen molar-refractivity contribution in [3.05, 3.63) is 40.4 Å². The summed E-state index contributed by atoms with van der Waals surface area (Å²) in [4.78, 5) is 16.0. The molecule has 0 aliphatic rings. The van der Waals surface area contributed by atoms with E-state index in [1.807, 2.05) is 12.3 Å². The highest BCUT2D eigenvalue weighted by Crippen LogP contribution is 2.28. The zero-order chi connectivity index (χ0) is 14.5. The van der Waals surface area contributed by atoms with Crippen molar-refractivity contribution in [2.24, 2.45) is 0 Å². The van der Waals surface area contributed by atoms with Crippen molar-refractivity contribution >= 4 is 17.3 Å². The molecule has 1 aromatic carbocycles. The lowest BCUT2D eigenvalue weighted by atomic mass is 10.1. The van der Waals surface area contributed by atoms with E-state index < -0.39 is 0 Å². The molecule has 0 bridgehead atoms. The number of aromatic nitrogens is 1. The minimum Gasteiger partial charge on any atom is -0.466 e. The first-order valence-corrected chi connectivity index (χ1v) is 7.65. The number of carbonyl (C=O) groups excluding carboxylic acids is 1. The zero-order valence-electron chi connectivity index (χ0n) is 12.1. The van der Waals surface area contributed by atoms with Crippen LogP contribution in [0.2, 0.25) is 0 Å². The van der Waals surface area contributed by atoms with Gasteiger partial charge < -0.3 is 4.74 Å². The molecule has 0 radical (unpaired) electrons. The Hall–Kier alpha value is -1.68. The first kappa shape index (κ1) is 14.7. The van der Waals surface area contributed by atoms with Crippen LogP contribution in [0.15, 0.2) is 23.6 Å². The molecule has 0 unspecified atom stereocenters. The SMILES string of the molecule is CCOC(=O)CCc1csc(-c2cc(C)ccc2C)n1. The number of ether oxygens (including phenoxy) is 1. The monoisotopic (exact) mass is 289 g/mol. The molecular weight excluding hydrogens is 270 g/mol. The van der Waals surface area contributed by atoms with Crippen molar-refractivity contribution in [3.8, 4) is 10.6 Å². The van der Waals surface area contributed by atoms with Crippen LogP contribution < -0.4 is 0 Å². The number of hydrogen-bond donors (Lipinski definition) is 0. The van der Waals surface area contributed by atoms with Gasteiger partial charge in [-0.05, 0) is 32.4 Å². The van der Waals surface area contributed by atoms with Crippen LogP contribution in [0.4, 0.5) is 0 Å². The molecule has 4 heteroatoms. The van der Waals surface area contributed by atoms with E-state index in [4.69, 9.17) is 4.74 Å². The van der Waals surface area contributed by atoms with Crippen LogP contribution in [0.25, 0.3) is 10.6 Å². The summed E-state index contributed by atoms with van der Waals surface area (Å²) in [5, 5.41) is 3.04. The molecule has 0 N–H and O–H groups in total. The number of hydrogen-bond acceptors (Lipinski definition) is 4.